The summed E-state index contributed by atoms with van der Waals surface area (Å²) in [6.45, 7) is 1.41. The Labute approximate surface area is 213 Å². The summed E-state index contributed by atoms with van der Waals surface area (Å²) in [5, 5.41) is 39.9. The Morgan fingerprint density at radius 1 is 0.703 bits per heavy atom. The number of esters is 1. The Hall–Kier alpha value is -5.24. The van der Waals surface area contributed by atoms with Gasteiger partial charge in [-0.2, -0.15) is 0 Å². The lowest BCUT2D eigenvalue weighted by Gasteiger charge is -2.07. The second kappa shape index (κ2) is 12.5. The number of phenolic OH excluding ortho intramolecular Hbond substituents is 4. The van der Waals surface area contributed by atoms with Crippen LogP contribution in [0.25, 0.3) is 12.2 Å². The normalized spacial score (nSPS) is 10.3. The predicted octanol–water partition coefficient (Wildman–Crippen LogP) is 5.54. The molecule has 0 atom stereocenters. The van der Waals surface area contributed by atoms with Gasteiger partial charge in [0.25, 0.3) is 0 Å². The summed E-state index contributed by atoms with van der Waals surface area (Å²) < 4.78 is 5.13. The average molecular weight is 500 g/mol. The first-order chi connectivity index (χ1) is 17.7. The van der Waals surface area contributed by atoms with Gasteiger partial charge in [0, 0.05) is 18.7 Å². The molecule has 1 amide bonds. The summed E-state index contributed by atoms with van der Waals surface area (Å²) in [6.07, 6.45) is 3.60. The van der Waals surface area contributed by atoms with Gasteiger partial charge in [-0.05, 0) is 71.8 Å². The Morgan fingerprint density at radius 2 is 1.30 bits per heavy atom. The molecule has 0 saturated heterocycles. The molecule has 4 aromatic carbocycles. The van der Waals surface area contributed by atoms with Crippen molar-refractivity contribution < 1.29 is 34.8 Å². The Bertz CT molecular complexity index is 1370. The van der Waals surface area contributed by atoms with Crippen molar-refractivity contribution >= 4 is 29.7 Å². The molecular formula is C29H25NO7. The summed E-state index contributed by atoms with van der Waals surface area (Å²) in [5.74, 6) is -0.359. The van der Waals surface area contributed by atoms with Crippen LogP contribution in [0.1, 0.15) is 28.4 Å². The molecule has 0 aliphatic carbocycles. The largest absolute Gasteiger partial charge is 0.508 e. The third-order valence-electron chi connectivity index (χ3n) is 4.80. The molecular weight excluding hydrogens is 474 g/mol. The topological polar surface area (TPSA) is 136 Å². The van der Waals surface area contributed by atoms with Crippen molar-refractivity contribution in [2.75, 3.05) is 5.32 Å². The van der Waals surface area contributed by atoms with E-state index >= 15 is 0 Å². The number of para-hydroxylation sites is 1. The first-order valence-electron chi connectivity index (χ1n) is 11.1. The molecule has 8 nitrogen and oxygen atoms in total. The molecule has 8 heteroatoms. The van der Waals surface area contributed by atoms with Crippen LogP contribution in [0.4, 0.5) is 5.69 Å². The number of rotatable bonds is 5. The van der Waals surface area contributed by atoms with Crippen LogP contribution in [0.15, 0.2) is 91.0 Å². The van der Waals surface area contributed by atoms with Crippen molar-refractivity contribution in [2.24, 2.45) is 0 Å². The zero-order valence-corrected chi connectivity index (χ0v) is 19.8. The van der Waals surface area contributed by atoms with E-state index in [4.69, 9.17) is 9.84 Å². The van der Waals surface area contributed by atoms with Crippen LogP contribution >= 0.6 is 0 Å². The standard InChI is InChI=1S/C15H13NO4.C14H12O3/c1-10(17)16-11-6-8-12(9-7-11)20-15(19)13-4-2-3-5-14(13)18;15-12-5-3-10(4-6-12)1-2-11-7-13(16)9-14(17)8-11/h2-9,18H,1H3,(H,16,17);1-9,15-17H. The van der Waals surface area contributed by atoms with Gasteiger partial charge in [0.2, 0.25) is 5.91 Å². The highest BCUT2D eigenvalue weighted by molar-refractivity contribution is 5.94. The molecule has 0 aromatic heterocycles. The van der Waals surface area contributed by atoms with Crippen molar-refractivity contribution in [1.82, 2.24) is 0 Å². The van der Waals surface area contributed by atoms with Crippen molar-refractivity contribution in [3.8, 4) is 28.7 Å². The Balaban J connectivity index is 0.000000208. The molecule has 0 fully saturated rings. The average Bonchev–Trinajstić information content (AvgIpc) is 2.85. The molecule has 0 radical (unpaired) electrons. The van der Waals surface area contributed by atoms with E-state index in [0.29, 0.717) is 17.0 Å². The van der Waals surface area contributed by atoms with Crippen LogP contribution in [0.5, 0.6) is 28.7 Å². The number of benzene rings is 4. The van der Waals surface area contributed by atoms with E-state index in [1.54, 1.807) is 78.9 Å². The highest BCUT2D eigenvalue weighted by Crippen LogP contribution is 2.23. The first kappa shape index (κ1) is 26.4. The maximum atomic E-state index is 11.8. The summed E-state index contributed by atoms with van der Waals surface area (Å²) in [5.41, 5.74) is 2.33. The first-order valence-corrected chi connectivity index (χ1v) is 11.1. The number of aromatic hydroxyl groups is 4. The molecule has 37 heavy (non-hydrogen) atoms. The summed E-state index contributed by atoms with van der Waals surface area (Å²) in [7, 11) is 0. The van der Waals surface area contributed by atoms with E-state index in [-0.39, 0.29) is 34.5 Å². The smallest absolute Gasteiger partial charge is 0.347 e. The maximum absolute atomic E-state index is 11.8. The molecule has 0 aliphatic heterocycles. The SMILES string of the molecule is CC(=O)Nc1ccc(OC(=O)c2ccccc2O)cc1.Oc1ccc(C=Cc2cc(O)cc(O)c2)cc1. The molecule has 0 unspecified atom stereocenters. The molecule has 4 rings (SSSR count). The third-order valence-corrected chi connectivity index (χ3v) is 4.80. The van der Waals surface area contributed by atoms with Crippen molar-refractivity contribution in [3.63, 3.8) is 0 Å². The number of carbonyl (C=O) groups is 2. The van der Waals surface area contributed by atoms with Gasteiger partial charge < -0.3 is 30.5 Å². The number of ether oxygens (including phenoxy) is 1. The van der Waals surface area contributed by atoms with Crippen LogP contribution in [-0.2, 0) is 4.79 Å². The highest BCUT2D eigenvalue weighted by Gasteiger charge is 2.12. The van der Waals surface area contributed by atoms with E-state index in [1.807, 2.05) is 6.08 Å². The predicted molar refractivity (Wildman–Crippen MR) is 141 cm³/mol. The van der Waals surface area contributed by atoms with Gasteiger partial charge in [-0.25, -0.2) is 4.79 Å². The van der Waals surface area contributed by atoms with Gasteiger partial charge in [0.15, 0.2) is 0 Å². The Morgan fingerprint density at radius 3 is 1.89 bits per heavy atom. The van der Waals surface area contributed by atoms with Gasteiger partial charge in [0.05, 0.1) is 0 Å². The summed E-state index contributed by atoms with van der Waals surface area (Å²) >= 11 is 0. The summed E-state index contributed by atoms with van der Waals surface area (Å²) in [4.78, 5) is 22.7. The fourth-order valence-electron chi connectivity index (χ4n) is 3.11. The third kappa shape index (κ3) is 8.48. The van der Waals surface area contributed by atoms with Gasteiger partial charge in [-0.1, -0.05) is 36.4 Å². The van der Waals surface area contributed by atoms with Crippen LogP contribution in [-0.4, -0.2) is 32.3 Å². The number of hydrogen-bond donors (Lipinski definition) is 5. The van der Waals surface area contributed by atoms with Crippen molar-refractivity contribution in [1.29, 1.82) is 0 Å². The number of amides is 1. The highest BCUT2D eigenvalue weighted by atomic mass is 16.5. The van der Waals surface area contributed by atoms with Gasteiger partial charge in [0.1, 0.15) is 34.3 Å². The van der Waals surface area contributed by atoms with Gasteiger partial charge in [-0.3, -0.25) is 4.79 Å². The zero-order chi connectivity index (χ0) is 26.8. The van der Waals surface area contributed by atoms with E-state index in [2.05, 4.69) is 5.32 Å². The van der Waals surface area contributed by atoms with Crippen molar-refractivity contribution in [3.05, 3.63) is 108 Å². The fourth-order valence-corrected chi connectivity index (χ4v) is 3.11. The molecule has 188 valence electrons. The minimum absolute atomic E-state index is 0.0235. The summed E-state index contributed by atoms with van der Waals surface area (Å²) in [6, 6.07) is 23.6. The van der Waals surface area contributed by atoms with Crippen LogP contribution in [0, 0.1) is 0 Å². The van der Waals surface area contributed by atoms with E-state index in [0.717, 1.165) is 5.56 Å². The number of phenols is 4. The molecule has 0 heterocycles. The molecule has 0 bridgehead atoms. The fraction of sp³-hybridized carbons (Fsp3) is 0.0345. The molecule has 5 N–H and O–H groups in total. The van der Waals surface area contributed by atoms with Crippen molar-refractivity contribution in [2.45, 2.75) is 6.92 Å². The minimum Gasteiger partial charge on any atom is -0.508 e. The quantitative estimate of drug-likeness (QED) is 0.138. The second-order valence-corrected chi connectivity index (χ2v) is 7.82. The molecule has 0 spiro atoms. The van der Waals surface area contributed by atoms with Crippen LogP contribution < -0.4 is 10.1 Å². The molecule has 0 saturated carbocycles. The van der Waals surface area contributed by atoms with E-state index in [1.165, 1.54) is 25.1 Å². The van der Waals surface area contributed by atoms with Gasteiger partial charge in [-0.15, -0.1) is 0 Å². The maximum Gasteiger partial charge on any atom is 0.347 e. The lowest BCUT2D eigenvalue weighted by molar-refractivity contribution is -0.114. The second-order valence-electron chi connectivity index (χ2n) is 7.82. The molecule has 4 aromatic rings. The van der Waals surface area contributed by atoms with Crippen LogP contribution in [0.3, 0.4) is 0 Å². The number of carbonyl (C=O) groups excluding carboxylic acids is 2. The Kier molecular flexibility index (Phi) is 8.88. The monoisotopic (exact) mass is 499 g/mol. The van der Waals surface area contributed by atoms with E-state index < -0.39 is 5.97 Å². The molecule has 0 aliphatic rings. The zero-order valence-electron chi connectivity index (χ0n) is 19.8. The van der Waals surface area contributed by atoms with Gasteiger partial charge >= 0.3 is 5.97 Å². The minimum atomic E-state index is -0.643. The van der Waals surface area contributed by atoms with E-state index in [9.17, 15) is 24.9 Å². The number of anilines is 1. The number of nitrogens with one attached hydrogen (secondary N) is 1. The van der Waals surface area contributed by atoms with Crippen LogP contribution in [0.2, 0.25) is 0 Å². The lowest BCUT2D eigenvalue weighted by atomic mass is 10.1. The number of hydrogen-bond acceptors (Lipinski definition) is 7. The lowest BCUT2D eigenvalue weighted by Crippen LogP contribution is -2.09.